The third kappa shape index (κ3) is 3.47. The van der Waals surface area contributed by atoms with Crippen LogP contribution in [0.4, 0.5) is 4.39 Å². The molecule has 0 spiro atoms. The van der Waals surface area contributed by atoms with Gasteiger partial charge in [-0.1, -0.05) is 12.1 Å². The van der Waals surface area contributed by atoms with Crippen molar-refractivity contribution < 1.29 is 4.39 Å². The van der Waals surface area contributed by atoms with Crippen LogP contribution < -0.4 is 5.32 Å². The molecule has 2 aliphatic heterocycles. The molecular weight excluding hydrogens is 263 g/mol. The number of rotatable bonds is 3. The van der Waals surface area contributed by atoms with E-state index in [9.17, 15) is 4.39 Å². The van der Waals surface area contributed by atoms with Crippen molar-refractivity contribution in [3.05, 3.63) is 35.6 Å². The fraction of sp³-hybridized carbons (Fsp3) is 0.600. The van der Waals surface area contributed by atoms with Crippen molar-refractivity contribution in [2.75, 3.05) is 7.05 Å². The molecule has 106 valence electrons. The van der Waals surface area contributed by atoms with Crippen molar-refractivity contribution in [2.24, 2.45) is 0 Å². The highest BCUT2D eigenvalue weighted by Gasteiger charge is 2.34. The van der Waals surface area contributed by atoms with Crippen molar-refractivity contribution in [1.29, 1.82) is 0 Å². The Morgan fingerprint density at radius 2 is 1.74 bits per heavy atom. The predicted octanol–water partition coefficient (Wildman–Crippen LogP) is 2.96. The third-order valence-corrected chi connectivity index (χ3v) is 4.42. The van der Waals surface area contributed by atoms with E-state index in [0.29, 0.717) is 6.04 Å². The van der Waals surface area contributed by atoms with Gasteiger partial charge in [-0.25, -0.2) is 4.39 Å². The number of piperidine rings is 1. The van der Waals surface area contributed by atoms with Gasteiger partial charge in [-0.2, -0.15) is 0 Å². The van der Waals surface area contributed by atoms with E-state index in [2.05, 4.69) is 17.3 Å². The van der Waals surface area contributed by atoms with Gasteiger partial charge in [0.15, 0.2) is 0 Å². The first-order valence-corrected chi connectivity index (χ1v) is 6.91. The number of nitrogens with zero attached hydrogens (tertiary/aromatic N) is 1. The molecule has 0 aromatic heterocycles. The van der Waals surface area contributed by atoms with Crippen molar-refractivity contribution in [2.45, 2.75) is 50.4 Å². The second-order valence-corrected chi connectivity index (χ2v) is 5.80. The van der Waals surface area contributed by atoms with Gasteiger partial charge in [0.1, 0.15) is 5.82 Å². The van der Waals surface area contributed by atoms with Gasteiger partial charge in [-0.05, 0) is 50.4 Å². The van der Waals surface area contributed by atoms with Crippen molar-refractivity contribution in [3.8, 4) is 0 Å². The molecule has 2 saturated heterocycles. The zero-order valence-corrected chi connectivity index (χ0v) is 12.1. The molecule has 1 N–H and O–H groups in total. The summed E-state index contributed by atoms with van der Waals surface area (Å²) in [5, 5.41) is 3.67. The van der Waals surface area contributed by atoms with E-state index in [1.165, 1.54) is 31.2 Å². The summed E-state index contributed by atoms with van der Waals surface area (Å²) in [5.74, 6) is -0.152. The molecule has 2 nitrogen and oxygen atoms in total. The highest BCUT2D eigenvalue weighted by atomic mass is 35.5. The Kier molecular flexibility index (Phi) is 4.82. The van der Waals surface area contributed by atoms with E-state index in [1.807, 2.05) is 12.1 Å². The van der Waals surface area contributed by atoms with Crippen LogP contribution in [-0.2, 0) is 6.54 Å². The monoisotopic (exact) mass is 284 g/mol. The minimum atomic E-state index is -0.152. The minimum Gasteiger partial charge on any atom is -0.311 e. The SMILES string of the molecule is CN(Cc1ccc(F)cc1)C1CC2CCC(C1)N2.Cl. The Labute approximate surface area is 120 Å². The quantitative estimate of drug-likeness (QED) is 0.918. The largest absolute Gasteiger partial charge is 0.311 e. The number of halogens is 2. The summed E-state index contributed by atoms with van der Waals surface area (Å²) in [6.45, 7) is 0.921. The highest BCUT2D eigenvalue weighted by molar-refractivity contribution is 5.85. The van der Waals surface area contributed by atoms with Crippen LogP contribution >= 0.6 is 12.4 Å². The van der Waals surface area contributed by atoms with Crippen molar-refractivity contribution in [3.63, 3.8) is 0 Å². The van der Waals surface area contributed by atoms with E-state index in [1.54, 1.807) is 12.1 Å². The van der Waals surface area contributed by atoms with Crippen molar-refractivity contribution in [1.82, 2.24) is 10.2 Å². The van der Waals surface area contributed by atoms with Crippen LogP contribution in [0.2, 0.25) is 0 Å². The Morgan fingerprint density at radius 1 is 1.16 bits per heavy atom. The number of benzene rings is 1. The molecule has 2 unspecified atom stereocenters. The zero-order valence-electron chi connectivity index (χ0n) is 11.3. The van der Waals surface area contributed by atoms with Crippen LogP contribution in [0.3, 0.4) is 0 Å². The molecule has 0 aliphatic carbocycles. The van der Waals surface area contributed by atoms with Crippen LogP contribution in [0.25, 0.3) is 0 Å². The van der Waals surface area contributed by atoms with E-state index in [0.717, 1.165) is 18.6 Å². The molecule has 2 aliphatic rings. The van der Waals surface area contributed by atoms with Crippen LogP contribution in [0.1, 0.15) is 31.2 Å². The Hall–Kier alpha value is -0.640. The molecule has 0 radical (unpaired) electrons. The number of hydrogen-bond donors (Lipinski definition) is 1. The highest BCUT2D eigenvalue weighted by Crippen LogP contribution is 2.29. The molecule has 19 heavy (non-hydrogen) atoms. The molecule has 2 bridgehead atoms. The average Bonchev–Trinajstić information content (AvgIpc) is 2.71. The number of fused-ring (bicyclic) bond motifs is 2. The van der Waals surface area contributed by atoms with Crippen molar-refractivity contribution >= 4 is 12.4 Å². The molecule has 3 rings (SSSR count). The van der Waals surface area contributed by atoms with Crippen LogP contribution in [0, 0.1) is 5.82 Å². The lowest BCUT2D eigenvalue weighted by atomic mass is 9.98. The molecule has 0 saturated carbocycles. The third-order valence-electron chi connectivity index (χ3n) is 4.42. The summed E-state index contributed by atoms with van der Waals surface area (Å²) in [4.78, 5) is 2.43. The average molecular weight is 285 g/mol. The lowest BCUT2D eigenvalue weighted by molar-refractivity contribution is 0.166. The Balaban J connectivity index is 0.00000133. The first-order chi connectivity index (χ1) is 8.70. The fourth-order valence-electron chi connectivity index (χ4n) is 3.39. The van der Waals surface area contributed by atoms with Crippen LogP contribution in [-0.4, -0.2) is 30.1 Å². The molecule has 2 fully saturated rings. The van der Waals surface area contributed by atoms with Gasteiger partial charge in [-0.3, -0.25) is 4.90 Å². The molecule has 2 atom stereocenters. The number of nitrogens with one attached hydrogen (secondary N) is 1. The maximum atomic E-state index is 12.9. The van der Waals surface area contributed by atoms with E-state index >= 15 is 0 Å². The van der Waals surface area contributed by atoms with E-state index in [4.69, 9.17) is 0 Å². The summed E-state index contributed by atoms with van der Waals surface area (Å²) in [6, 6.07) is 9.01. The minimum absolute atomic E-state index is 0. The standard InChI is InChI=1S/C15H21FN2.ClH/c1-18(10-11-2-4-12(16)5-3-11)15-8-13-6-7-14(9-15)17-13;/h2-5,13-15,17H,6-10H2,1H3;1H. The van der Waals surface area contributed by atoms with Crippen LogP contribution in [0.5, 0.6) is 0 Å². The molecule has 2 heterocycles. The van der Waals surface area contributed by atoms with Gasteiger partial charge >= 0.3 is 0 Å². The van der Waals surface area contributed by atoms with Gasteiger partial charge in [-0.15, -0.1) is 12.4 Å². The second-order valence-electron chi connectivity index (χ2n) is 5.80. The molecule has 1 aromatic rings. The van der Waals surface area contributed by atoms with Gasteiger partial charge in [0.25, 0.3) is 0 Å². The second kappa shape index (κ2) is 6.21. The first kappa shape index (κ1) is 14.8. The fourth-order valence-corrected chi connectivity index (χ4v) is 3.39. The Morgan fingerprint density at radius 3 is 2.32 bits per heavy atom. The maximum absolute atomic E-state index is 12.9. The zero-order chi connectivity index (χ0) is 12.5. The van der Waals surface area contributed by atoms with E-state index < -0.39 is 0 Å². The lowest BCUT2D eigenvalue weighted by Gasteiger charge is -2.35. The van der Waals surface area contributed by atoms with Gasteiger partial charge < -0.3 is 5.32 Å². The van der Waals surface area contributed by atoms with Gasteiger partial charge in [0, 0.05) is 24.7 Å². The van der Waals surface area contributed by atoms with Gasteiger partial charge in [0.05, 0.1) is 0 Å². The first-order valence-electron chi connectivity index (χ1n) is 6.91. The summed E-state index contributed by atoms with van der Waals surface area (Å²) in [5.41, 5.74) is 1.20. The molecule has 0 amide bonds. The molecule has 4 heteroatoms. The molecule has 1 aromatic carbocycles. The maximum Gasteiger partial charge on any atom is 0.123 e. The predicted molar refractivity (Wildman–Crippen MR) is 78.1 cm³/mol. The summed E-state index contributed by atoms with van der Waals surface area (Å²) >= 11 is 0. The van der Waals surface area contributed by atoms with E-state index in [-0.39, 0.29) is 18.2 Å². The normalized spacial score (nSPS) is 29.3. The summed E-state index contributed by atoms with van der Waals surface area (Å²) < 4.78 is 12.9. The number of hydrogen-bond acceptors (Lipinski definition) is 2. The Bertz CT molecular complexity index is 397. The molecular formula is C15H22ClFN2. The summed E-state index contributed by atoms with van der Waals surface area (Å²) in [6.07, 6.45) is 5.19. The van der Waals surface area contributed by atoms with Crippen LogP contribution in [0.15, 0.2) is 24.3 Å². The summed E-state index contributed by atoms with van der Waals surface area (Å²) in [7, 11) is 2.19. The topological polar surface area (TPSA) is 15.3 Å². The smallest absolute Gasteiger partial charge is 0.123 e. The van der Waals surface area contributed by atoms with Gasteiger partial charge in [0.2, 0.25) is 0 Å². The lowest BCUT2D eigenvalue weighted by Crippen LogP contribution is -2.46.